The Hall–Kier alpha value is -3.09. The highest BCUT2D eigenvalue weighted by atomic mass is 16.1. The van der Waals surface area contributed by atoms with Crippen LogP contribution in [0.15, 0.2) is 54.6 Å². The Morgan fingerprint density at radius 1 is 0.913 bits per heavy atom. The SMILES string of the molecule is C#CCN.NC(=O)c1ccc2ccc3cccc4ccc1c2c34. The van der Waals surface area contributed by atoms with Gasteiger partial charge in [0, 0.05) is 5.56 Å². The maximum atomic E-state index is 11.6. The van der Waals surface area contributed by atoms with Gasteiger partial charge in [-0.3, -0.25) is 4.79 Å². The lowest BCUT2D eigenvalue weighted by Gasteiger charge is -2.12. The van der Waals surface area contributed by atoms with Gasteiger partial charge < -0.3 is 11.5 Å². The topological polar surface area (TPSA) is 69.1 Å². The summed E-state index contributed by atoms with van der Waals surface area (Å²) in [6.45, 7) is 0.347. The Morgan fingerprint density at radius 2 is 1.43 bits per heavy atom. The van der Waals surface area contributed by atoms with Crippen molar-refractivity contribution in [3.63, 3.8) is 0 Å². The number of benzene rings is 4. The summed E-state index contributed by atoms with van der Waals surface area (Å²) < 4.78 is 0. The van der Waals surface area contributed by atoms with Gasteiger partial charge in [-0.05, 0) is 38.4 Å². The molecule has 4 aromatic rings. The third-order valence-electron chi connectivity index (χ3n) is 3.91. The minimum Gasteiger partial charge on any atom is -0.366 e. The predicted molar refractivity (Wildman–Crippen MR) is 96.6 cm³/mol. The van der Waals surface area contributed by atoms with Gasteiger partial charge in [-0.2, -0.15) is 0 Å². The van der Waals surface area contributed by atoms with Crippen LogP contribution in [-0.4, -0.2) is 12.5 Å². The van der Waals surface area contributed by atoms with Crippen LogP contribution in [0, 0.1) is 12.3 Å². The second kappa shape index (κ2) is 5.96. The zero-order chi connectivity index (χ0) is 16.4. The number of terminal acetylenes is 1. The molecule has 4 rings (SSSR count). The summed E-state index contributed by atoms with van der Waals surface area (Å²) in [4.78, 5) is 11.6. The monoisotopic (exact) mass is 300 g/mol. The quantitative estimate of drug-likeness (QED) is 0.418. The Labute approximate surface area is 134 Å². The molecule has 112 valence electrons. The van der Waals surface area contributed by atoms with Crippen LogP contribution in [0.2, 0.25) is 0 Å². The molecule has 4 aromatic carbocycles. The molecule has 0 atom stereocenters. The summed E-state index contributed by atoms with van der Waals surface area (Å²) in [5, 5.41) is 6.81. The van der Waals surface area contributed by atoms with Crippen molar-refractivity contribution in [3.05, 3.63) is 60.2 Å². The van der Waals surface area contributed by atoms with E-state index in [1.807, 2.05) is 18.2 Å². The zero-order valence-electron chi connectivity index (χ0n) is 12.5. The average molecular weight is 300 g/mol. The van der Waals surface area contributed by atoms with Crippen molar-refractivity contribution in [2.45, 2.75) is 0 Å². The Balaban J connectivity index is 0.000000354. The third-order valence-corrected chi connectivity index (χ3v) is 3.91. The van der Waals surface area contributed by atoms with E-state index >= 15 is 0 Å². The molecule has 0 aliphatic rings. The number of hydrogen-bond donors (Lipinski definition) is 2. The van der Waals surface area contributed by atoms with E-state index in [1.54, 1.807) is 0 Å². The van der Waals surface area contributed by atoms with Crippen LogP contribution in [-0.2, 0) is 0 Å². The van der Waals surface area contributed by atoms with Gasteiger partial charge in [0.15, 0.2) is 0 Å². The molecule has 0 aromatic heterocycles. The van der Waals surface area contributed by atoms with E-state index < -0.39 is 0 Å². The number of primary amides is 1. The molecule has 0 saturated heterocycles. The van der Waals surface area contributed by atoms with Crippen LogP contribution < -0.4 is 11.5 Å². The molecule has 0 aliphatic carbocycles. The van der Waals surface area contributed by atoms with E-state index in [4.69, 9.17) is 11.5 Å². The van der Waals surface area contributed by atoms with Gasteiger partial charge in [-0.1, -0.05) is 54.5 Å². The van der Waals surface area contributed by atoms with Gasteiger partial charge >= 0.3 is 0 Å². The molecule has 3 nitrogen and oxygen atoms in total. The lowest BCUT2D eigenvalue weighted by Crippen LogP contribution is -2.11. The molecule has 0 aliphatic heterocycles. The van der Waals surface area contributed by atoms with Gasteiger partial charge in [-0.15, -0.1) is 6.42 Å². The fourth-order valence-corrected chi connectivity index (χ4v) is 2.95. The molecule has 0 saturated carbocycles. The van der Waals surface area contributed by atoms with Crippen LogP contribution in [0.5, 0.6) is 0 Å². The van der Waals surface area contributed by atoms with Crippen LogP contribution >= 0.6 is 0 Å². The molecule has 0 radical (unpaired) electrons. The van der Waals surface area contributed by atoms with Gasteiger partial charge in [0.05, 0.1) is 6.54 Å². The van der Waals surface area contributed by atoms with Crippen molar-refractivity contribution in [3.8, 4) is 12.3 Å². The fourth-order valence-electron chi connectivity index (χ4n) is 2.95. The average Bonchev–Trinajstić information content (AvgIpc) is 2.59. The molecule has 4 N–H and O–H groups in total. The summed E-state index contributed by atoms with van der Waals surface area (Å²) in [6, 6.07) is 18.3. The maximum absolute atomic E-state index is 11.6. The van der Waals surface area contributed by atoms with Crippen LogP contribution in [0.4, 0.5) is 0 Å². The van der Waals surface area contributed by atoms with Gasteiger partial charge in [0.1, 0.15) is 0 Å². The first kappa shape index (κ1) is 14.8. The number of nitrogens with two attached hydrogens (primary N) is 2. The highest BCUT2D eigenvalue weighted by Gasteiger charge is 2.12. The van der Waals surface area contributed by atoms with E-state index in [-0.39, 0.29) is 5.91 Å². The smallest absolute Gasteiger partial charge is 0.249 e. The largest absolute Gasteiger partial charge is 0.366 e. The van der Waals surface area contributed by atoms with Crippen molar-refractivity contribution >= 4 is 38.2 Å². The van der Waals surface area contributed by atoms with Crippen LogP contribution in [0.1, 0.15) is 10.4 Å². The second-order valence-electron chi connectivity index (χ2n) is 5.24. The number of amides is 1. The molecule has 0 spiro atoms. The van der Waals surface area contributed by atoms with E-state index in [0.717, 1.165) is 16.2 Å². The van der Waals surface area contributed by atoms with Crippen LogP contribution in [0.3, 0.4) is 0 Å². The molecule has 23 heavy (non-hydrogen) atoms. The van der Waals surface area contributed by atoms with Gasteiger partial charge in [0.2, 0.25) is 5.91 Å². The van der Waals surface area contributed by atoms with Crippen molar-refractivity contribution in [1.29, 1.82) is 0 Å². The van der Waals surface area contributed by atoms with E-state index in [2.05, 4.69) is 48.7 Å². The van der Waals surface area contributed by atoms with Gasteiger partial charge in [0.25, 0.3) is 0 Å². The molecule has 1 amide bonds. The summed E-state index contributed by atoms with van der Waals surface area (Å²) in [5.41, 5.74) is 10.9. The van der Waals surface area contributed by atoms with Crippen molar-refractivity contribution in [1.82, 2.24) is 0 Å². The molecule has 3 heteroatoms. The van der Waals surface area contributed by atoms with E-state index in [9.17, 15) is 4.79 Å². The highest BCUT2D eigenvalue weighted by molar-refractivity contribution is 6.26. The number of carbonyl (C=O) groups excluding carboxylic acids is 1. The molecule has 0 fully saturated rings. The van der Waals surface area contributed by atoms with Crippen molar-refractivity contribution in [2.24, 2.45) is 11.5 Å². The predicted octanol–water partition coefficient (Wildman–Crippen LogP) is 3.26. The highest BCUT2D eigenvalue weighted by Crippen LogP contribution is 2.35. The third kappa shape index (κ3) is 2.46. The lowest BCUT2D eigenvalue weighted by molar-refractivity contribution is 0.100. The fraction of sp³-hybridized carbons (Fsp3) is 0.0500. The Kier molecular flexibility index (Phi) is 3.84. The molecule has 0 unspecified atom stereocenters. The second-order valence-corrected chi connectivity index (χ2v) is 5.24. The standard InChI is InChI=1S/C17H11NO.C3H5N/c18-17(19)14-9-7-12-5-4-10-2-1-3-11-6-8-13(14)16(12)15(10)11;1-2-3-4/h1-9H,(H2,18,19);1H,3-4H2. The normalized spacial score (nSPS) is 10.4. The minimum absolute atomic E-state index is 0.347. The Morgan fingerprint density at radius 3 is 2.00 bits per heavy atom. The molecule has 0 bridgehead atoms. The first-order valence-corrected chi connectivity index (χ1v) is 7.27. The van der Waals surface area contributed by atoms with Gasteiger partial charge in [-0.25, -0.2) is 0 Å². The van der Waals surface area contributed by atoms with E-state index in [1.165, 1.54) is 16.2 Å². The Bertz CT molecular complexity index is 1030. The summed E-state index contributed by atoms with van der Waals surface area (Å²) in [5.74, 6) is 1.83. The van der Waals surface area contributed by atoms with E-state index in [0.29, 0.717) is 12.1 Å². The van der Waals surface area contributed by atoms with Crippen molar-refractivity contribution < 1.29 is 4.79 Å². The maximum Gasteiger partial charge on any atom is 0.249 e. The number of carbonyl (C=O) groups is 1. The van der Waals surface area contributed by atoms with Crippen LogP contribution in [0.25, 0.3) is 32.3 Å². The summed E-state index contributed by atoms with van der Waals surface area (Å²) in [7, 11) is 0. The van der Waals surface area contributed by atoms with Crippen molar-refractivity contribution in [2.75, 3.05) is 6.54 Å². The lowest BCUT2D eigenvalue weighted by atomic mass is 9.92. The molecular weight excluding hydrogens is 284 g/mol. The number of rotatable bonds is 1. The summed E-state index contributed by atoms with van der Waals surface area (Å²) in [6.07, 6.45) is 4.65. The molecular formula is C20H16N2O. The zero-order valence-corrected chi connectivity index (χ0v) is 12.5. The molecule has 0 heterocycles. The first-order valence-electron chi connectivity index (χ1n) is 7.27. The summed E-state index contributed by atoms with van der Waals surface area (Å²) >= 11 is 0. The minimum atomic E-state index is -0.377. The first-order chi connectivity index (χ1) is 11.2. The number of hydrogen-bond acceptors (Lipinski definition) is 2.